The molecule has 1 aliphatic carbocycles. The summed E-state index contributed by atoms with van der Waals surface area (Å²) in [5.74, 6) is 0.168. The van der Waals surface area contributed by atoms with E-state index < -0.39 is 20.0 Å². The van der Waals surface area contributed by atoms with E-state index in [9.17, 15) is 16.8 Å². The lowest BCUT2D eigenvalue weighted by Gasteiger charge is -2.31. The summed E-state index contributed by atoms with van der Waals surface area (Å²) in [5.41, 5.74) is 1.81. The van der Waals surface area contributed by atoms with Gasteiger partial charge in [0.15, 0.2) is 0 Å². The second-order valence-electron chi connectivity index (χ2n) is 7.18. The van der Waals surface area contributed by atoms with Crippen molar-refractivity contribution >= 4 is 20.0 Å². The Hall–Kier alpha value is -0.960. The van der Waals surface area contributed by atoms with Gasteiger partial charge in [-0.25, -0.2) is 25.9 Å². The van der Waals surface area contributed by atoms with E-state index in [0.717, 1.165) is 24.0 Å². The molecule has 1 saturated heterocycles. The molecule has 8 heteroatoms. The minimum Gasteiger partial charge on any atom is -0.215 e. The van der Waals surface area contributed by atoms with Gasteiger partial charge in [0.2, 0.25) is 20.0 Å². The summed E-state index contributed by atoms with van der Waals surface area (Å²) < 4.78 is 53.2. The molecule has 2 aliphatic rings. The van der Waals surface area contributed by atoms with Crippen molar-refractivity contribution in [2.75, 3.05) is 19.6 Å². The third-order valence-corrected chi connectivity index (χ3v) is 8.63. The van der Waals surface area contributed by atoms with Crippen molar-refractivity contribution in [1.82, 2.24) is 9.03 Å². The van der Waals surface area contributed by atoms with Crippen LogP contribution in [0.4, 0.5) is 0 Å². The van der Waals surface area contributed by atoms with Crippen LogP contribution in [-0.4, -0.2) is 46.0 Å². The molecule has 0 atom stereocenters. The van der Waals surface area contributed by atoms with E-state index >= 15 is 0 Å². The third-order valence-electron chi connectivity index (χ3n) is 4.91. The fraction of sp³-hybridized carbons (Fsp3) is 0.647. The van der Waals surface area contributed by atoms with E-state index in [4.69, 9.17) is 0 Å². The Labute approximate surface area is 150 Å². The standard InChI is InChI=1S/C17H26N2O4S2/c1-14-3-2-4-16(11-14)13-24(20,21)18-12-15-7-9-19(10-8-15)25(22,23)17-5-6-17/h2-4,11,15,17-18H,5-10,12-13H2,1H3. The topological polar surface area (TPSA) is 83.6 Å². The smallest absolute Gasteiger partial charge is 0.215 e. The molecule has 0 amide bonds. The highest BCUT2D eigenvalue weighted by molar-refractivity contribution is 7.90. The Balaban J connectivity index is 1.47. The van der Waals surface area contributed by atoms with Crippen molar-refractivity contribution in [1.29, 1.82) is 0 Å². The molecule has 0 radical (unpaired) electrons. The number of piperidine rings is 1. The number of nitrogens with zero attached hydrogens (tertiary/aromatic N) is 1. The first-order valence-electron chi connectivity index (χ1n) is 8.78. The van der Waals surface area contributed by atoms with E-state index in [0.29, 0.717) is 32.5 Å². The number of rotatable bonds is 7. The quantitative estimate of drug-likeness (QED) is 0.772. The zero-order chi connectivity index (χ0) is 18.1. The van der Waals surface area contributed by atoms with Crippen molar-refractivity contribution in [2.45, 2.75) is 43.6 Å². The van der Waals surface area contributed by atoms with Crippen LogP contribution in [0.2, 0.25) is 0 Å². The molecule has 140 valence electrons. The van der Waals surface area contributed by atoms with Crippen molar-refractivity contribution < 1.29 is 16.8 Å². The Morgan fingerprint density at radius 1 is 1.08 bits per heavy atom. The maximum Gasteiger partial charge on any atom is 0.216 e. The fourth-order valence-electron chi connectivity index (χ4n) is 3.26. The van der Waals surface area contributed by atoms with Gasteiger partial charge in [-0.2, -0.15) is 0 Å². The van der Waals surface area contributed by atoms with E-state index in [2.05, 4.69) is 4.72 Å². The minimum atomic E-state index is -3.38. The molecule has 0 bridgehead atoms. The SMILES string of the molecule is Cc1cccc(CS(=O)(=O)NCC2CCN(S(=O)(=O)C3CC3)CC2)c1. The van der Waals surface area contributed by atoms with Crippen molar-refractivity contribution in [2.24, 2.45) is 5.92 Å². The summed E-state index contributed by atoms with van der Waals surface area (Å²) in [6.07, 6.45) is 2.97. The molecule has 1 aromatic carbocycles. The number of benzene rings is 1. The maximum atomic E-state index is 12.3. The number of aryl methyl sites for hydroxylation is 1. The van der Waals surface area contributed by atoms with Crippen LogP contribution in [0, 0.1) is 12.8 Å². The maximum absolute atomic E-state index is 12.3. The molecule has 6 nitrogen and oxygen atoms in total. The van der Waals surface area contributed by atoms with Crippen LogP contribution in [0.5, 0.6) is 0 Å². The molecule has 1 heterocycles. The summed E-state index contributed by atoms with van der Waals surface area (Å²) >= 11 is 0. The number of nitrogens with one attached hydrogen (secondary N) is 1. The van der Waals surface area contributed by atoms with E-state index in [1.165, 1.54) is 0 Å². The predicted octanol–water partition coefficient (Wildman–Crippen LogP) is 1.62. The zero-order valence-corrected chi connectivity index (χ0v) is 16.2. The van der Waals surface area contributed by atoms with Gasteiger partial charge in [0.1, 0.15) is 0 Å². The molecule has 0 spiro atoms. The second kappa shape index (κ2) is 7.34. The molecular formula is C17H26N2O4S2. The van der Waals surface area contributed by atoms with Crippen molar-refractivity contribution in [3.63, 3.8) is 0 Å². The van der Waals surface area contributed by atoms with Crippen LogP contribution in [0.15, 0.2) is 24.3 Å². The van der Waals surface area contributed by atoms with Crippen LogP contribution in [0.3, 0.4) is 0 Å². The lowest BCUT2D eigenvalue weighted by atomic mass is 9.99. The number of sulfonamides is 2. The largest absolute Gasteiger partial charge is 0.216 e. The molecule has 0 unspecified atom stereocenters. The summed E-state index contributed by atoms with van der Waals surface area (Å²) in [7, 11) is -6.48. The van der Waals surface area contributed by atoms with Gasteiger partial charge in [0.25, 0.3) is 0 Å². The van der Waals surface area contributed by atoms with Gasteiger partial charge in [0, 0.05) is 19.6 Å². The van der Waals surface area contributed by atoms with Crippen LogP contribution in [0.1, 0.15) is 36.8 Å². The normalized spacial score (nSPS) is 20.7. The molecule has 1 aliphatic heterocycles. The van der Waals surface area contributed by atoms with Gasteiger partial charge in [-0.3, -0.25) is 0 Å². The van der Waals surface area contributed by atoms with Gasteiger partial charge in [-0.05, 0) is 44.1 Å². The second-order valence-corrected chi connectivity index (χ2v) is 11.2. The Kier molecular flexibility index (Phi) is 5.53. The number of hydrogen-bond acceptors (Lipinski definition) is 4. The first-order valence-corrected chi connectivity index (χ1v) is 11.9. The zero-order valence-electron chi connectivity index (χ0n) is 14.5. The number of hydrogen-bond donors (Lipinski definition) is 1. The van der Waals surface area contributed by atoms with E-state index in [1.54, 1.807) is 4.31 Å². The summed E-state index contributed by atoms with van der Waals surface area (Å²) in [5, 5.41) is -0.170. The molecule has 1 N–H and O–H groups in total. The Morgan fingerprint density at radius 2 is 1.76 bits per heavy atom. The van der Waals surface area contributed by atoms with Gasteiger partial charge in [-0.1, -0.05) is 29.8 Å². The van der Waals surface area contributed by atoms with Crippen molar-refractivity contribution in [3.8, 4) is 0 Å². The molecule has 1 aromatic rings. The molecule has 3 rings (SSSR count). The first kappa shape index (κ1) is 18.8. The average Bonchev–Trinajstić information content (AvgIpc) is 3.38. The Morgan fingerprint density at radius 3 is 2.36 bits per heavy atom. The van der Waals surface area contributed by atoms with E-state index in [-0.39, 0.29) is 16.9 Å². The Bertz CT molecular complexity index is 809. The highest BCUT2D eigenvalue weighted by Gasteiger charge is 2.41. The monoisotopic (exact) mass is 386 g/mol. The summed E-state index contributed by atoms with van der Waals surface area (Å²) in [6, 6.07) is 7.48. The highest BCUT2D eigenvalue weighted by Crippen LogP contribution is 2.33. The molecular weight excluding hydrogens is 360 g/mol. The lowest BCUT2D eigenvalue weighted by molar-refractivity contribution is 0.274. The third kappa shape index (κ3) is 5.03. The van der Waals surface area contributed by atoms with Crippen LogP contribution < -0.4 is 4.72 Å². The van der Waals surface area contributed by atoms with Gasteiger partial charge in [-0.15, -0.1) is 0 Å². The van der Waals surface area contributed by atoms with E-state index in [1.807, 2.05) is 31.2 Å². The summed E-state index contributed by atoms with van der Waals surface area (Å²) in [4.78, 5) is 0. The van der Waals surface area contributed by atoms with Crippen LogP contribution >= 0.6 is 0 Å². The predicted molar refractivity (Wildman–Crippen MR) is 98.0 cm³/mol. The van der Waals surface area contributed by atoms with Gasteiger partial charge < -0.3 is 0 Å². The minimum absolute atomic E-state index is 0.0242. The molecule has 25 heavy (non-hydrogen) atoms. The average molecular weight is 387 g/mol. The fourth-order valence-corrected chi connectivity index (χ4v) is 6.35. The lowest BCUT2D eigenvalue weighted by Crippen LogP contribution is -2.42. The molecule has 2 fully saturated rings. The molecule has 0 aromatic heterocycles. The highest BCUT2D eigenvalue weighted by atomic mass is 32.2. The molecule has 1 saturated carbocycles. The van der Waals surface area contributed by atoms with Gasteiger partial charge >= 0.3 is 0 Å². The van der Waals surface area contributed by atoms with Crippen LogP contribution in [0.25, 0.3) is 0 Å². The van der Waals surface area contributed by atoms with Gasteiger partial charge in [0.05, 0.1) is 11.0 Å². The van der Waals surface area contributed by atoms with Crippen molar-refractivity contribution in [3.05, 3.63) is 35.4 Å². The first-order chi connectivity index (χ1) is 11.8. The van der Waals surface area contributed by atoms with Crippen LogP contribution in [-0.2, 0) is 25.8 Å². The summed E-state index contributed by atoms with van der Waals surface area (Å²) in [6.45, 7) is 3.32.